The van der Waals surface area contributed by atoms with Gasteiger partial charge in [-0.25, -0.2) is 14.0 Å². The Hall–Kier alpha value is -2.21. The van der Waals surface area contributed by atoms with E-state index in [-0.39, 0.29) is 10.4 Å². The molecule has 6 heteroatoms. The Morgan fingerprint density at radius 2 is 1.89 bits per heavy atom. The number of benzene rings is 1. The number of thiophene rings is 1. The minimum atomic E-state index is -1.20. The van der Waals surface area contributed by atoms with Gasteiger partial charge in [-0.15, -0.1) is 11.3 Å². The van der Waals surface area contributed by atoms with Crippen LogP contribution in [0.2, 0.25) is 0 Å². The number of ether oxygens (including phenoxy) is 1. The van der Waals surface area contributed by atoms with Crippen LogP contribution in [-0.2, 0) is 4.74 Å². The van der Waals surface area contributed by atoms with Crippen LogP contribution in [0.15, 0.2) is 29.6 Å². The van der Waals surface area contributed by atoms with Crippen LogP contribution in [0.4, 0.5) is 4.39 Å². The molecule has 2 rings (SSSR count). The van der Waals surface area contributed by atoms with Crippen molar-refractivity contribution in [2.45, 2.75) is 0 Å². The van der Waals surface area contributed by atoms with Crippen molar-refractivity contribution >= 4 is 23.3 Å². The van der Waals surface area contributed by atoms with Crippen molar-refractivity contribution in [2.24, 2.45) is 0 Å². The number of esters is 1. The van der Waals surface area contributed by atoms with E-state index in [1.165, 1.54) is 31.4 Å². The summed E-state index contributed by atoms with van der Waals surface area (Å²) < 4.78 is 17.5. The lowest BCUT2D eigenvalue weighted by atomic mass is 10.0. The molecule has 0 radical (unpaired) electrons. The summed E-state index contributed by atoms with van der Waals surface area (Å²) in [7, 11) is 1.18. The lowest BCUT2D eigenvalue weighted by Crippen LogP contribution is -2.08. The average Bonchev–Trinajstić information content (AvgIpc) is 2.83. The molecule has 0 aliphatic carbocycles. The maximum Gasteiger partial charge on any atom is 0.346 e. The van der Waals surface area contributed by atoms with E-state index in [0.717, 1.165) is 11.3 Å². The Bertz CT molecular complexity index is 631. The molecule has 0 spiro atoms. The van der Waals surface area contributed by atoms with Crippen LogP contribution in [-0.4, -0.2) is 24.2 Å². The molecular formula is C13H9FO4S. The zero-order valence-electron chi connectivity index (χ0n) is 9.84. The van der Waals surface area contributed by atoms with Crippen LogP contribution in [0, 0.1) is 5.82 Å². The van der Waals surface area contributed by atoms with Crippen molar-refractivity contribution in [3.8, 4) is 11.1 Å². The number of halogens is 1. The highest BCUT2D eigenvalue weighted by Gasteiger charge is 2.24. The Labute approximate surface area is 112 Å². The second-order valence-corrected chi connectivity index (χ2v) is 4.54. The van der Waals surface area contributed by atoms with Gasteiger partial charge in [0, 0.05) is 10.9 Å². The fourth-order valence-electron chi connectivity index (χ4n) is 1.66. The van der Waals surface area contributed by atoms with Crippen molar-refractivity contribution in [1.29, 1.82) is 0 Å². The van der Waals surface area contributed by atoms with Crippen molar-refractivity contribution in [1.82, 2.24) is 0 Å². The summed E-state index contributed by atoms with van der Waals surface area (Å²) in [4.78, 5) is 22.7. The highest BCUT2D eigenvalue weighted by Crippen LogP contribution is 2.32. The van der Waals surface area contributed by atoms with Gasteiger partial charge in [0.15, 0.2) is 0 Å². The van der Waals surface area contributed by atoms with E-state index >= 15 is 0 Å². The Balaban J connectivity index is 2.60. The van der Waals surface area contributed by atoms with Gasteiger partial charge in [0.25, 0.3) is 0 Å². The molecule has 1 aromatic heterocycles. The molecule has 0 bridgehead atoms. The number of aromatic carboxylic acids is 1. The number of rotatable bonds is 3. The molecule has 1 heterocycles. The van der Waals surface area contributed by atoms with Gasteiger partial charge in [-0.1, -0.05) is 12.1 Å². The third-order valence-electron chi connectivity index (χ3n) is 2.53. The smallest absolute Gasteiger partial charge is 0.346 e. The van der Waals surface area contributed by atoms with Crippen LogP contribution >= 0.6 is 11.3 Å². The van der Waals surface area contributed by atoms with Crippen molar-refractivity contribution < 1.29 is 23.8 Å². The van der Waals surface area contributed by atoms with Crippen LogP contribution in [0.25, 0.3) is 11.1 Å². The topological polar surface area (TPSA) is 63.6 Å². The molecule has 0 amide bonds. The monoisotopic (exact) mass is 280 g/mol. The zero-order valence-corrected chi connectivity index (χ0v) is 10.7. The standard InChI is InChI=1S/C13H9FO4S/c1-18-13(17)10-9(6-19-11(10)12(15)16)7-2-4-8(14)5-3-7/h2-6H,1H3,(H,15,16). The minimum Gasteiger partial charge on any atom is -0.477 e. The van der Waals surface area contributed by atoms with Crippen molar-refractivity contribution in [3.05, 3.63) is 45.9 Å². The molecule has 0 unspecified atom stereocenters. The van der Waals surface area contributed by atoms with E-state index in [1.54, 1.807) is 5.38 Å². The predicted octanol–water partition coefficient (Wildman–Crippen LogP) is 3.04. The van der Waals surface area contributed by atoms with Crippen molar-refractivity contribution in [2.75, 3.05) is 7.11 Å². The predicted molar refractivity (Wildman–Crippen MR) is 68.0 cm³/mol. The van der Waals surface area contributed by atoms with E-state index in [1.807, 2.05) is 0 Å². The fourth-order valence-corrected chi connectivity index (χ4v) is 2.56. The van der Waals surface area contributed by atoms with E-state index in [4.69, 9.17) is 5.11 Å². The average molecular weight is 280 g/mol. The number of hydrogen-bond acceptors (Lipinski definition) is 4. The Morgan fingerprint density at radius 1 is 1.26 bits per heavy atom. The molecule has 0 saturated heterocycles. The molecule has 0 atom stereocenters. The molecule has 1 aromatic carbocycles. The highest BCUT2D eigenvalue weighted by atomic mass is 32.1. The summed E-state index contributed by atoms with van der Waals surface area (Å²) in [5.74, 6) is -2.33. The van der Waals surface area contributed by atoms with Gasteiger partial charge in [-0.3, -0.25) is 0 Å². The molecule has 4 nitrogen and oxygen atoms in total. The summed E-state index contributed by atoms with van der Waals surface area (Å²) in [5, 5.41) is 10.6. The third kappa shape index (κ3) is 2.48. The van der Waals surface area contributed by atoms with Gasteiger partial charge in [0.1, 0.15) is 10.7 Å². The molecule has 0 aliphatic rings. The molecular weight excluding hydrogens is 271 g/mol. The lowest BCUT2D eigenvalue weighted by molar-refractivity contribution is 0.0586. The first kappa shape index (κ1) is 13.2. The highest BCUT2D eigenvalue weighted by molar-refractivity contribution is 7.12. The number of hydrogen-bond donors (Lipinski definition) is 1. The summed E-state index contributed by atoms with van der Waals surface area (Å²) in [6.07, 6.45) is 0. The van der Waals surface area contributed by atoms with E-state index in [2.05, 4.69) is 4.74 Å². The van der Waals surface area contributed by atoms with E-state index < -0.39 is 17.8 Å². The summed E-state index contributed by atoms with van der Waals surface area (Å²) in [6, 6.07) is 5.45. The second-order valence-electron chi connectivity index (χ2n) is 3.66. The quantitative estimate of drug-likeness (QED) is 0.878. The number of carboxylic acids is 1. The molecule has 19 heavy (non-hydrogen) atoms. The van der Waals surface area contributed by atoms with Crippen LogP contribution in [0.3, 0.4) is 0 Å². The maximum absolute atomic E-state index is 12.9. The van der Waals surface area contributed by atoms with Gasteiger partial charge in [-0.05, 0) is 17.7 Å². The first-order chi connectivity index (χ1) is 9.04. The first-order valence-electron chi connectivity index (χ1n) is 5.23. The summed E-state index contributed by atoms with van der Waals surface area (Å²) in [6.45, 7) is 0. The summed E-state index contributed by atoms with van der Waals surface area (Å²) in [5.41, 5.74) is 0.978. The molecule has 2 aromatic rings. The number of carbonyl (C=O) groups excluding carboxylic acids is 1. The van der Waals surface area contributed by atoms with Crippen LogP contribution < -0.4 is 0 Å². The van der Waals surface area contributed by atoms with E-state index in [9.17, 15) is 14.0 Å². The minimum absolute atomic E-state index is 0.00777. The number of carbonyl (C=O) groups is 2. The SMILES string of the molecule is COC(=O)c1c(-c2ccc(F)cc2)csc1C(=O)O. The van der Waals surface area contributed by atoms with E-state index in [0.29, 0.717) is 11.1 Å². The molecule has 0 fully saturated rings. The number of methoxy groups -OCH3 is 1. The van der Waals surface area contributed by atoms with Gasteiger partial charge >= 0.3 is 11.9 Å². The zero-order chi connectivity index (χ0) is 14.0. The van der Waals surface area contributed by atoms with Gasteiger partial charge in [0.2, 0.25) is 0 Å². The maximum atomic E-state index is 12.9. The van der Waals surface area contributed by atoms with Crippen molar-refractivity contribution in [3.63, 3.8) is 0 Å². The number of carboxylic acid groups (broad SMARTS) is 1. The first-order valence-corrected chi connectivity index (χ1v) is 6.11. The fraction of sp³-hybridized carbons (Fsp3) is 0.0769. The molecule has 0 aliphatic heterocycles. The van der Waals surface area contributed by atoms with Crippen LogP contribution in [0.1, 0.15) is 20.0 Å². The Kier molecular flexibility index (Phi) is 3.62. The Morgan fingerprint density at radius 3 is 2.42 bits per heavy atom. The van der Waals surface area contributed by atoms with Crippen LogP contribution in [0.5, 0.6) is 0 Å². The normalized spacial score (nSPS) is 10.2. The van der Waals surface area contributed by atoms with Gasteiger partial charge in [-0.2, -0.15) is 0 Å². The van der Waals surface area contributed by atoms with Gasteiger partial charge < -0.3 is 9.84 Å². The largest absolute Gasteiger partial charge is 0.477 e. The molecule has 98 valence electrons. The lowest BCUT2D eigenvalue weighted by Gasteiger charge is -2.04. The molecule has 1 N–H and O–H groups in total. The summed E-state index contributed by atoms with van der Waals surface area (Å²) >= 11 is 0.933. The molecule has 0 saturated carbocycles. The third-order valence-corrected chi connectivity index (χ3v) is 3.50. The second kappa shape index (κ2) is 5.19. The van der Waals surface area contributed by atoms with Gasteiger partial charge in [0.05, 0.1) is 12.7 Å².